The molecule has 2 amide bonds. The highest BCUT2D eigenvalue weighted by Gasteiger charge is 2.39. The zero-order valence-corrected chi connectivity index (χ0v) is 31.6. The Morgan fingerprint density at radius 2 is 1.63 bits per heavy atom. The Morgan fingerprint density at radius 3 is 2.08 bits per heavy atom. The summed E-state index contributed by atoms with van der Waals surface area (Å²) in [6.45, 7) is 15.8. The summed E-state index contributed by atoms with van der Waals surface area (Å²) < 4.78 is 4.55. The first-order valence-electron chi connectivity index (χ1n) is 17.4. The van der Waals surface area contributed by atoms with Crippen molar-refractivity contribution in [3.8, 4) is 0 Å². The minimum absolute atomic E-state index is 0.118. The molecular formula is C37H62N8O4. The van der Waals surface area contributed by atoms with Crippen LogP contribution in [0.25, 0.3) is 0 Å². The zero-order chi connectivity index (χ0) is 36.9. The van der Waals surface area contributed by atoms with Crippen molar-refractivity contribution in [2.24, 2.45) is 16.5 Å². The van der Waals surface area contributed by atoms with Crippen molar-refractivity contribution in [2.75, 3.05) is 34.2 Å². The number of hydrogen-bond donors (Lipinski definition) is 3. The predicted molar refractivity (Wildman–Crippen MR) is 198 cm³/mol. The fourth-order valence-electron chi connectivity index (χ4n) is 6.16. The van der Waals surface area contributed by atoms with Crippen LogP contribution in [0.4, 0.5) is 0 Å². The smallest absolute Gasteiger partial charge is 0.293 e. The molecule has 4 aliphatic rings. The molecule has 12 heteroatoms. The van der Waals surface area contributed by atoms with Crippen LogP contribution in [-0.4, -0.2) is 102 Å². The Balaban J connectivity index is 0.000000595. The average Bonchev–Trinajstić information content (AvgIpc) is 3.73. The lowest BCUT2D eigenvalue weighted by atomic mass is 10.2. The topological polar surface area (TPSA) is 150 Å². The molecule has 2 unspecified atom stereocenters. The van der Waals surface area contributed by atoms with E-state index in [1.54, 1.807) is 26.2 Å². The number of fused-ring (bicyclic) bond motifs is 2. The summed E-state index contributed by atoms with van der Waals surface area (Å²) in [7, 11) is 5.53. The van der Waals surface area contributed by atoms with Crippen LogP contribution in [0.1, 0.15) is 93.4 Å². The fraction of sp³-hybridized carbons (Fsp3) is 0.622. The molecule has 0 aromatic heterocycles. The van der Waals surface area contributed by atoms with E-state index in [0.717, 1.165) is 61.6 Å². The number of likely N-dealkylation sites (tertiary alicyclic amines) is 1. The third kappa shape index (κ3) is 12.4. The minimum atomic E-state index is -0.318. The Labute approximate surface area is 294 Å². The molecular weight excluding hydrogens is 620 g/mol. The van der Waals surface area contributed by atoms with E-state index in [9.17, 15) is 14.4 Å². The molecule has 4 rings (SSSR count). The number of ether oxygens (including phenoxy) is 1. The Kier molecular flexibility index (Phi) is 16.1. The first-order chi connectivity index (χ1) is 23.1. The molecule has 1 saturated carbocycles. The van der Waals surface area contributed by atoms with Crippen molar-refractivity contribution in [3.63, 3.8) is 0 Å². The monoisotopic (exact) mass is 682 g/mol. The van der Waals surface area contributed by atoms with Crippen molar-refractivity contribution < 1.29 is 19.1 Å². The van der Waals surface area contributed by atoms with Gasteiger partial charge < -0.3 is 36.2 Å². The predicted octanol–water partition coefficient (Wildman–Crippen LogP) is 4.33. The number of carbonyl (C=O) groups is 3. The first kappa shape index (κ1) is 41.1. The van der Waals surface area contributed by atoms with E-state index >= 15 is 0 Å². The molecule has 1 aliphatic carbocycles. The summed E-state index contributed by atoms with van der Waals surface area (Å²) in [6, 6.07) is 1.35. The van der Waals surface area contributed by atoms with Gasteiger partial charge in [-0.3, -0.25) is 19.3 Å². The molecule has 3 fully saturated rings. The molecule has 2 saturated heterocycles. The first-order valence-corrected chi connectivity index (χ1v) is 17.4. The molecule has 5 N–H and O–H groups in total. The maximum atomic E-state index is 13.0. The van der Waals surface area contributed by atoms with Gasteiger partial charge in [0.2, 0.25) is 6.41 Å². The Morgan fingerprint density at radius 1 is 1.06 bits per heavy atom. The molecule has 3 aliphatic heterocycles. The summed E-state index contributed by atoms with van der Waals surface area (Å²) in [6.07, 6.45) is 16.4. The van der Waals surface area contributed by atoms with Gasteiger partial charge in [0, 0.05) is 56.6 Å². The van der Waals surface area contributed by atoms with Crippen molar-refractivity contribution in [2.45, 2.75) is 117 Å². The van der Waals surface area contributed by atoms with Gasteiger partial charge in [-0.05, 0) is 104 Å². The molecule has 49 heavy (non-hydrogen) atoms. The fourth-order valence-corrected chi connectivity index (χ4v) is 6.16. The number of amides is 2. The molecule has 0 aromatic carbocycles. The van der Waals surface area contributed by atoms with Crippen LogP contribution in [0, 0.1) is 0 Å². The lowest BCUT2D eigenvalue weighted by molar-refractivity contribution is -0.138. The SMILES string of the molecule is C/C=C1/C=C(C)N(C2CCCC2)/C1=N/C(N/C(N)=C/C=C(\N)C(=O)N1CC2CCC(C1)N2C)=C(\C)CC.CC(C)(C)OC=O.CN(C)C=O. The highest BCUT2D eigenvalue weighted by atomic mass is 16.5. The zero-order valence-electron chi connectivity index (χ0n) is 31.6. The van der Waals surface area contributed by atoms with Crippen LogP contribution in [0.5, 0.6) is 0 Å². The van der Waals surface area contributed by atoms with Crippen LogP contribution < -0.4 is 16.8 Å². The van der Waals surface area contributed by atoms with Gasteiger partial charge in [0.05, 0.1) is 5.70 Å². The van der Waals surface area contributed by atoms with Crippen molar-refractivity contribution in [1.29, 1.82) is 0 Å². The number of rotatable bonds is 9. The van der Waals surface area contributed by atoms with Gasteiger partial charge in [0.1, 0.15) is 23.1 Å². The largest absolute Gasteiger partial charge is 0.462 e. The van der Waals surface area contributed by atoms with Crippen LogP contribution in [0.2, 0.25) is 0 Å². The molecule has 0 aromatic rings. The van der Waals surface area contributed by atoms with E-state index in [-0.39, 0.29) is 17.2 Å². The number of allylic oxidation sites excluding steroid dienone is 5. The Bertz CT molecular complexity index is 1320. The number of amidine groups is 1. The molecule has 12 nitrogen and oxygen atoms in total. The number of nitrogens with zero attached hydrogens (tertiary/aromatic N) is 5. The number of likely N-dealkylation sites (N-methyl/N-ethyl adjacent to an activating group) is 1. The van der Waals surface area contributed by atoms with Crippen LogP contribution >= 0.6 is 0 Å². The number of carbonyl (C=O) groups excluding carboxylic acids is 3. The highest BCUT2D eigenvalue weighted by molar-refractivity contribution is 6.05. The summed E-state index contributed by atoms with van der Waals surface area (Å²) in [4.78, 5) is 45.2. The number of nitrogens with one attached hydrogen (secondary N) is 1. The summed E-state index contributed by atoms with van der Waals surface area (Å²) in [5.74, 6) is 2.00. The van der Waals surface area contributed by atoms with Gasteiger partial charge in [-0.25, -0.2) is 4.99 Å². The molecule has 3 heterocycles. The van der Waals surface area contributed by atoms with Crippen LogP contribution in [0.15, 0.2) is 63.5 Å². The number of aliphatic imine (C=N–C) groups is 1. The van der Waals surface area contributed by atoms with E-state index in [2.05, 4.69) is 66.7 Å². The second-order valence-corrected chi connectivity index (χ2v) is 14.3. The summed E-state index contributed by atoms with van der Waals surface area (Å²) >= 11 is 0. The van der Waals surface area contributed by atoms with Crippen molar-refractivity contribution in [3.05, 3.63) is 58.5 Å². The highest BCUT2D eigenvalue weighted by Crippen LogP contribution is 2.33. The Hall–Kier alpha value is -4.06. The lowest BCUT2D eigenvalue weighted by Gasteiger charge is -2.38. The van der Waals surface area contributed by atoms with Gasteiger partial charge in [0.15, 0.2) is 0 Å². The molecule has 0 radical (unpaired) electrons. The second kappa shape index (κ2) is 19.2. The van der Waals surface area contributed by atoms with Gasteiger partial charge in [-0.2, -0.15) is 0 Å². The van der Waals surface area contributed by atoms with Gasteiger partial charge in [-0.15, -0.1) is 0 Å². The normalized spacial score (nSPS) is 23.7. The minimum Gasteiger partial charge on any atom is -0.462 e. The van der Waals surface area contributed by atoms with Crippen LogP contribution in [-0.2, 0) is 19.1 Å². The maximum Gasteiger partial charge on any atom is 0.293 e. The molecule has 0 spiro atoms. The maximum absolute atomic E-state index is 13.0. The van der Waals surface area contributed by atoms with Gasteiger partial charge >= 0.3 is 0 Å². The van der Waals surface area contributed by atoms with E-state index < -0.39 is 0 Å². The second-order valence-electron chi connectivity index (χ2n) is 14.3. The quantitative estimate of drug-likeness (QED) is 0.184. The number of hydrogen-bond acceptors (Lipinski definition) is 9. The summed E-state index contributed by atoms with van der Waals surface area (Å²) in [5.41, 5.74) is 15.9. The molecule has 274 valence electrons. The third-order valence-corrected chi connectivity index (χ3v) is 9.08. The van der Waals surface area contributed by atoms with E-state index in [1.807, 2.05) is 25.7 Å². The van der Waals surface area contributed by atoms with E-state index in [0.29, 0.717) is 30.4 Å². The van der Waals surface area contributed by atoms with Gasteiger partial charge in [0.25, 0.3) is 12.4 Å². The van der Waals surface area contributed by atoms with Crippen molar-refractivity contribution in [1.82, 2.24) is 24.9 Å². The molecule has 2 bridgehead atoms. The average molecular weight is 683 g/mol. The standard InChI is InChI=1S/C29H45N7O.C5H10O2.C3H7NO/c1-6-19(3)27(33-28-21(7-2)16-20(4)36(28)22-10-8-9-11-22)32-26(31)15-14-25(30)29(37)35-17-23-12-13-24(18-35)34(23)5;1-5(2,3)7-4-6;1-4(2)3-5/h7,14-16,22-24,32H,6,8-13,17-18,30-31H2,1-5H3;4H,1-3H3;3H,1-2H3/b21-7-,25-14-,26-15+,27-19+,33-28+;;. The van der Waals surface area contributed by atoms with Gasteiger partial charge in [-0.1, -0.05) is 25.8 Å². The van der Waals surface area contributed by atoms with Crippen molar-refractivity contribution >= 4 is 24.6 Å². The number of nitrogens with two attached hydrogens (primary N) is 2. The molecule has 2 atom stereocenters. The van der Waals surface area contributed by atoms with Crippen LogP contribution in [0.3, 0.4) is 0 Å². The van der Waals surface area contributed by atoms with E-state index in [1.165, 1.54) is 36.3 Å². The third-order valence-electron chi connectivity index (χ3n) is 9.08. The lowest BCUT2D eigenvalue weighted by Crippen LogP contribution is -2.54. The summed E-state index contributed by atoms with van der Waals surface area (Å²) in [5, 5.41) is 3.29. The van der Waals surface area contributed by atoms with E-state index in [4.69, 9.17) is 16.5 Å². The number of piperazine rings is 1.